The van der Waals surface area contributed by atoms with Crippen LogP contribution < -0.4 is 5.32 Å². The molecule has 1 aliphatic rings. The zero-order chi connectivity index (χ0) is 21.9. The van der Waals surface area contributed by atoms with Gasteiger partial charge >= 0.3 is 6.18 Å². The number of carbonyl (C=O) groups is 1. The fraction of sp³-hybridized carbons (Fsp3) is 0.435. The predicted molar refractivity (Wildman–Crippen MR) is 113 cm³/mol. The molecule has 1 heterocycles. The Bertz CT molecular complexity index is 862. The molecule has 0 aliphatic carbocycles. The first kappa shape index (κ1) is 22.6. The van der Waals surface area contributed by atoms with Crippen molar-refractivity contribution in [1.29, 1.82) is 0 Å². The third-order valence-electron chi connectivity index (χ3n) is 5.83. The number of amides is 1. The lowest BCUT2D eigenvalue weighted by Crippen LogP contribution is -2.48. The summed E-state index contributed by atoms with van der Waals surface area (Å²) >= 11 is 5.96. The van der Waals surface area contributed by atoms with Gasteiger partial charge in [-0.1, -0.05) is 54.4 Å². The molecule has 0 unspecified atom stereocenters. The van der Waals surface area contributed by atoms with Crippen LogP contribution in [0.15, 0.2) is 48.5 Å². The van der Waals surface area contributed by atoms with Crippen LogP contribution in [0.4, 0.5) is 13.2 Å². The van der Waals surface area contributed by atoms with Gasteiger partial charge in [-0.25, -0.2) is 0 Å². The molecule has 3 rings (SSSR count). The molecule has 1 amide bonds. The highest BCUT2D eigenvalue weighted by Crippen LogP contribution is 2.36. The van der Waals surface area contributed by atoms with Crippen molar-refractivity contribution in [2.75, 3.05) is 6.54 Å². The van der Waals surface area contributed by atoms with E-state index in [4.69, 9.17) is 11.6 Å². The average Bonchev–Trinajstić information content (AvgIpc) is 2.69. The lowest BCUT2D eigenvalue weighted by Gasteiger charge is -2.41. The van der Waals surface area contributed by atoms with Gasteiger partial charge in [-0.3, -0.25) is 9.69 Å². The molecule has 0 spiro atoms. The van der Waals surface area contributed by atoms with E-state index in [1.807, 2.05) is 30.3 Å². The minimum absolute atomic E-state index is 0.174. The van der Waals surface area contributed by atoms with Crippen LogP contribution in [0, 0.1) is 0 Å². The van der Waals surface area contributed by atoms with Gasteiger partial charge in [0.05, 0.1) is 22.2 Å². The number of alkyl halides is 3. The highest BCUT2D eigenvalue weighted by atomic mass is 35.5. The summed E-state index contributed by atoms with van der Waals surface area (Å²) in [5.41, 5.74) is -0.280. The fourth-order valence-electron chi connectivity index (χ4n) is 4.13. The topological polar surface area (TPSA) is 32.3 Å². The van der Waals surface area contributed by atoms with Crippen molar-refractivity contribution < 1.29 is 18.0 Å². The van der Waals surface area contributed by atoms with Crippen molar-refractivity contribution in [2.24, 2.45) is 0 Å². The van der Waals surface area contributed by atoms with Crippen LogP contribution in [-0.4, -0.2) is 29.4 Å². The van der Waals surface area contributed by atoms with Gasteiger partial charge in [0, 0.05) is 18.6 Å². The largest absolute Gasteiger partial charge is 0.417 e. The van der Waals surface area contributed by atoms with Crippen LogP contribution in [0.3, 0.4) is 0 Å². The van der Waals surface area contributed by atoms with Gasteiger partial charge in [0.25, 0.3) is 5.91 Å². The van der Waals surface area contributed by atoms with Gasteiger partial charge in [0.15, 0.2) is 0 Å². The van der Waals surface area contributed by atoms with E-state index in [-0.39, 0.29) is 11.6 Å². The Morgan fingerprint density at radius 2 is 1.73 bits per heavy atom. The van der Waals surface area contributed by atoms with Crippen LogP contribution in [-0.2, 0) is 6.18 Å². The molecule has 1 N–H and O–H groups in total. The zero-order valence-corrected chi connectivity index (χ0v) is 17.8. The van der Waals surface area contributed by atoms with E-state index in [9.17, 15) is 18.0 Å². The number of benzene rings is 2. The number of halogens is 4. The second kappa shape index (κ2) is 9.40. The Hall–Kier alpha value is -2.05. The summed E-state index contributed by atoms with van der Waals surface area (Å²) in [5, 5.41) is 2.35. The smallest absolute Gasteiger partial charge is 0.344 e. The average molecular weight is 439 g/mol. The first-order chi connectivity index (χ1) is 14.2. The molecule has 0 bridgehead atoms. The van der Waals surface area contributed by atoms with Crippen molar-refractivity contribution in [2.45, 2.75) is 57.4 Å². The number of hydrogen-bond donors (Lipinski definition) is 1. The maximum Gasteiger partial charge on any atom is 0.417 e. The van der Waals surface area contributed by atoms with E-state index < -0.39 is 22.7 Å². The molecule has 0 aromatic heterocycles. The molecule has 162 valence electrons. The summed E-state index contributed by atoms with van der Waals surface area (Å²) in [5.74, 6) is -0.614. The summed E-state index contributed by atoms with van der Waals surface area (Å²) < 4.78 is 39.6. The lowest BCUT2D eigenvalue weighted by molar-refractivity contribution is -0.137. The van der Waals surface area contributed by atoms with E-state index in [2.05, 4.69) is 24.1 Å². The van der Waals surface area contributed by atoms with E-state index in [0.717, 1.165) is 24.5 Å². The predicted octanol–water partition coefficient (Wildman–Crippen LogP) is 6.09. The van der Waals surface area contributed by atoms with Gasteiger partial charge in [-0.2, -0.15) is 13.2 Å². The second-order valence-electron chi connectivity index (χ2n) is 7.93. The quantitative estimate of drug-likeness (QED) is 0.612. The summed E-state index contributed by atoms with van der Waals surface area (Å²) in [7, 11) is 0. The number of piperidine rings is 1. The molecule has 3 atom stereocenters. The monoisotopic (exact) mass is 438 g/mol. The number of nitrogens with one attached hydrogen (secondary N) is 1. The van der Waals surface area contributed by atoms with Crippen LogP contribution in [0.5, 0.6) is 0 Å². The highest BCUT2D eigenvalue weighted by Gasteiger charge is 2.35. The third-order valence-corrected chi connectivity index (χ3v) is 6.23. The highest BCUT2D eigenvalue weighted by molar-refractivity contribution is 6.34. The molecule has 2 aromatic carbocycles. The minimum atomic E-state index is -4.62. The number of nitrogens with zero attached hydrogens (tertiary/aromatic N) is 1. The Labute approximate surface area is 180 Å². The molecular weight excluding hydrogens is 413 g/mol. The van der Waals surface area contributed by atoms with Crippen LogP contribution in [0.1, 0.15) is 60.6 Å². The molecule has 1 fully saturated rings. The number of hydrogen-bond acceptors (Lipinski definition) is 2. The molecule has 2 aromatic rings. The lowest BCUT2D eigenvalue weighted by atomic mass is 9.95. The number of carbonyl (C=O) groups excluding carboxylic acids is 1. The zero-order valence-electron chi connectivity index (χ0n) is 17.0. The first-order valence-corrected chi connectivity index (χ1v) is 10.5. The van der Waals surface area contributed by atoms with Gasteiger partial charge < -0.3 is 5.32 Å². The summed E-state index contributed by atoms with van der Waals surface area (Å²) in [6.07, 6.45) is -1.29. The van der Waals surface area contributed by atoms with Crippen molar-refractivity contribution in [3.8, 4) is 0 Å². The van der Waals surface area contributed by atoms with Crippen molar-refractivity contribution in [3.63, 3.8) is 0 Å². The van der Waals surface area contributed by atoms with E-state index in [0.29, 0.717) is 18.6 Å². The van der Waals surface area contributed by atoms with Gasteiger partial charge in [0.1, 0.15) is 0 Å². The van der Waals surface area contributed by atoms with Crippen LogP contribution in [0.2, 0.25) is 5.02 Å². The van der Waals surface area contributed by atoms with E-state index in [1.165, 1.54) is 18.6 Å². The summed E-state index contributed by atoms with van der Waals surface area (Å²) in [6.45, 7) is 4.92. The van der Waals surface area contributed by atoms with Gasteiger partial charge in [-0.05, 0) is 44.4 Å². The van der Waals surface area contributed by atoms with Crippen molar-refractivity contribution in [1.82, 2.24) is 10.2 Å². The molecule has 0 radical (unpaired) electrons. The maximum absolute atomic E-state index is 13.2. The Morgan fingerprint density at radius 1 is 1.10 bits per heavy atom. The molecule has 1 saturated heterocycles. The number of rotatable bonds is 5. The maximum atomic E-state index is 13.2. The Morgan fingerprint density at radius 3 is 2.33 bits per heavy atom. The number of likely N-dealkylation sites (tertiary alicyclic amines) is 1. The Kier molecular flexibility index (Phi) is 7.09. The standard InChI is InChI=1S/C23H26ClF3N2O/c1-15-8-6-9-16(2)29(15)14-20(17-10-4-3-5-11-17)28-22(30)18-12-7-13-19(21(18)24)23(25,26)27/h3-5,7,10-13,15-16,20H,6,8-9,14H2,1-2H3,(H,28,30)/t15-,16+,20-/m1/s1. The molecule has 3 nitrogen and oxygen atoms in total. The summed E-state index contributed by atoms with van der Waals surface area (Å²) in [4.78, 5) is 15.3. The summed E-state index contributed by atoms with van der Waals surface area (Å²) in [6, 6.07) is 13.3. The normalized spacial score (nSPS) is 21.3. The molecule has 7 heteroatoms. The minimum Gasteiger partial charge on any atom is -0.344 e. The van der Waals surface area contributed by atoms with Crippen molar-refractivity contribution in [3.05, 3.63) is 70.2 Å². The fourth-order valence-corrected chi connectivity index (χ4v) is 4.45. The van der Waals surface area contributed by atoms with E-state index >= 15 is 0 Å². The molecule has 1 aliphatic heterocycles. The molecule has 0 saturated carbocycles. The van der Waals surface area contributed by atoms with Crippen LogP contribution in [0.25, 0.3) is 0 Å². The van der Waals surface area contributed by atoms with Gasteiger partial charge in [0.2, 0.25) is 0 Å². The Balaban J connectivity index is 1.88. The third kappa shape index (κ3) is 5.16. The molecule has 30 heavy (non-hydrogen) atoms. The SMILES string of the molecule is C[C@@H]1CCC[C@H](C)N1C[C@@H](NC(=O)c1cccc(C(F)(F)F)c1Cl)c1ccccc1. The van der Waals surface area contributed by atoms with Crippen molar-refractivity contribution >= 4 is 17.5 Å². The van der Waals surface area contributed by atoms with E-state index in [1.54, 1.807) is 0 Å². The first-order valence-electron chi connectivity index (χ1n) is 10.2. The molecular formula is C23H26ClF3N2O. The second-order valence-corrected chi connectivity index (χ2v) is 8.31. The van der Waals surface area contributed by atoms with Crippen LogP contribution >= 0.6 is 11.6 Å². The van der Waals surface area contributed by atoms with Gasteiger partial charge in [-0.15, -0.1) is 0 Å².